The first-order valence-electron chi connectivity index (χ1n) is 4.45. The summed E-state index contributed by atoms with van der Waals surface area (Å²) >= 11 is 0. The van der Waals surface area contributed by atoms with Crippen molar-refractivity contribution in [1.82, 2.24) is 0 Å². The number of aliphatic hydroxyl groups excluding tert-OH is 1. The van der Waals surface area contributed by atoms with Gasteiger partial charge in [0.1, 0.15) is 11.9 Å². The number of benzene rings is 1. The summed E-state index contributed by atoms with van der Waals surface area (Å²) in [6, 6.07) is 4.99. The predicted octanol–water partition coefficient (Wildman–Crippen LogP) is 2.27. The zero-order valence-electron chi connectivity index (χ0n) is 8.49. The maximum Gasteiger partial charge on any atom is 0.573 e. The predicted molar refractivity (Wildman–Crippen MR) is 50.0 cm³/mol. The Morgan fingerprint density at radius 2 is 1.81 bits per heavy atom. The zero-order valence-corrected chi connectivity index (χ0v) is 8.49. The molecule has 1 N–H and O–H groups in total. The molecule has 0 radical (unpaired) electrons. The molecule has 90 valence electrons. The van der Waals surface area contributed by atoms with Gasteiger partial charge in [-0.05, 0) is 17.7 Å². The van der Waals surface area contributed by atoms with E-state index in [4.69, 9.17) is 4.74 Å². The van der Waals surface area contributed by atoms with Gasteiger partial charge in [-0.25, -0.2) is 0 Å². The number of alkyl halides is 3. The van der Waals surface area contributed by atoms with Gasteiger partial charge in [-0.3, -0.25) is 0 Å². The molecule has 1 atom stereocenters. The van der Waals surface area contributed by atoms with Crippen molar-refractivity contribution in [3.05, 3.63) is 29.8 Å². The fourth-order valence-electron chi connectivity index (χ4n) is 1.15. The zero-order chi connectivity index (χ0) is 12.2. The van der Waals surface area contributed by atoms with Crippen LogP contribution in [0.3, 0.4) is 0 Å². The van der Waals surface area contributed by atoms with E-state index < -0.39 is 12.5 Å². The summed E-state index contributed by atoms with van der Waals surface area (Å²) in [5.41, 5.74) is 0.469. The molecule has 6 heteroatoms. The van der Waals surface area contributed by atoms with E-state index in [-0.39, 0.29) is 12.4 Å². The molecular formula is C10H11F3O3. The second kappa shape index (κ2) is 5.18. The summed E-state index contributed by atoms with van der Waals surface area (Å²) in [5.74, 6) is -0.319. The van der Waals surface area contributed by atoms with Gasteiger partial charge in [-0.1, -0.05) is 12.1 Å². The molecule has 1 rings (SSSR count). The van der Waals surface area contributed by atoms with Crippen LogP contribution in [0.1, 0.15) is 11.7 Å². The maximum atomic E-state index is 11.8. The van der Waals surface area contributed by atoms with Crippen molar-refractivity contribution < 1.29 is 27.8 Å². The molecule has 0 saturated heterocycles. The molecular weight excluding hydrogens is 225 g/mol. The van der Waals surface area contributed by atoms with Gasteiger partial charge in [0.25, 0.3) is 0 Å². The number of halogens is 3. The highest BCUT2D eigenvalue weighted by Gasteiger charge is 2.30. The topological polar surface area (TPSA) is 38.7 Å². The number of ether oxygens (including phenoxy) is 2. The van der Waals surface area contributed by atoms with Gasteiger partial charge in [0.2, 0.25) is 0 Å². The molecule has 1 aromatic carbocycles. The second-order valence-corrected chi connectivity index (χ2v) is 3.09. The third-order valence-electron chi connectivity index (χ3n) is 1.82. The summed E-state index contributed by atoms with van der Waals surface area (Å²) in [6.07, 6.45) is -5.56. The van der Waals surface area contributed by atoms with Crippen molar-refractivity contribution in [3.8, 4) is 5.75 Å². The molecule has 0 bridgehead atoms. The minimum absolute atomic E-state index is 0.0828. The Hall–Kier alpha value is -1.27. The fraction of sp³-hybridized carbons (Fsp3) is 0.400. The van der Waals surface area contributed by atoms with Crippen LogP contribution in [0.5, 0.6) is 5.75 Å². The first-order chi connectivity index (χ1) is 7.42. The molecule has 1 unspecified atom stereocenters. The largest absolute Gasteiger partial charge is 0.573 e. The van der Waals surface area contributed by atoms with Crippen LogP contribution in [0.25, 0.3) is 0 Å². The Labute approximate surface area is 90.4 Å². The lowest BCUT2D eigenvalue weighted by Crippen LogP contribution is -2.17. The van der Waals surface area contributed by atoms with Crippen LogP contribution in [-0.4, -0.2) is 25.2 Å². The molecule has 0 heterocycles. The average Bonchev–Trinajstić information content (AvgIpc) is 2.16. The maximum absolute atomic E-state index is 11.8. The van der Waals surface area contributed by atoms with Gasteiger partial charge in [0.05, 0.1) is 6.61 Å². The van der Waals surface area contributed by atoms with Crippen LogP contribution in [0, 0.1) is 0 Å². The summed E-state index contributed by atoms with van der Waals surface area (Å²) in [5, 5.41) is 9.46. The quantitative estimate of drug-likeness (QED) is 0.871. The normalized spacial score (nSPS) is 13.6. The summed E-state index contributed by atoms with van der Waals surface area (Å²) in [6.45, 7) is 0.0828. The van der Waals surface area contributed by atoms with Crippen molar-refractivity contribution in [2.75, 3.05) is 13.7 Å². The van der Waals surface area contributed by atoms with Gasteiger partial charge in [0, 0.05) is 7.11 Å². The van der Waals surface area contributed by atoms with Crippen LogP contribution in [0.15, 0.2) is 24.3 Å². The van der Waals surface area contributed by atoms with E-state index in [1.165, 1.54) is 19.2 Å². The van der Waals surface area contributed by atoms with Crippen molar-refractivity contribution >= 4 is 0 Å². The first kappa shape index (κ1) is 12.8. The van der Waals surface area contributed by atoms with E-state index in [0.29, 0.717) is 5.56 Å². The summed E-state index contributed by atoms with van der Waals surface area (Å²) in [4.78, 5) is 0. The lowest BCUT2D eigenvalue weighted by molar-refractivity contribution is -0.274. The fourth-order valence-corrected chi connectivity index (χ4v) is 1.15. The first-order valence-corrected chi connectivity index (χ1v) is 4.45. The molecule has 0 spiro atoms. The Morgan fingerprint density at radius 3 is 2.25 bits per heavy atom. The van der Waals surface area contributed by atoms with Crippen LogP contribution < -0.4 is 4.74 Å². The van der Waals surface area contributed by atoms with Gasteiger partial charge in [-0.15, -0.1) is 13.2 Å². The van der Waals surface area contributed by atoms with Gasteiger partial charge in [0.15, 0.2) is 0 Å². The molecule has 0 aliphatic heterocycles. The Balaban J connectivity index is 2.68. The Bertz CT molecular complexity index is 321. The third-order valence-corrected chi connectivity index (χ3v) is 1.82. The molecule has 0 saturated carbocycles. The molecule has 0 fully saturated rings. The number of hydrogen-bond acceptors (Lipinski definition) is 3. The van der Waals surface area contributed by atoms with Gasteiger partial charge >= 0.3 is 6.36 Å². The number of methoxy groups -OCH3 is 1. The smallest absolute Gasteiger partial charge is 0.406 e. The van der Waals surface area contributed by atoms with Gasteiger partial charge in [-0.2, -0.15) is 0 Å². The SMILES string of the molecule is COCC(O)c1ccc(OC(F)(F)F)cc1. The van der Waals surface area contributed by atoms with E-state index in [1.807, 2.05) is 0 Å². The second-order valence-electron chi connectivity index (χ2n) is 3.09. The number of rotatable bonds is 4. The monoisotopic (exact) mass is 236 g/mol. The van der Waals surface area contributed by atoms with Crippen molar-refractivity contribution in [2.45, 2.75) is 12.5 Å². The summed E-state index contributed by atoms with van der Waals surface area (Å²) in [7, 11) is 1.42. The van der Waals surface area contributed by atoms with Crippen molar-refractivity contribution in [1.29, 1.82) is 0 Å². The third kappa shape index (κ3) is 4.08. The van der Waals surface area contributed by atoms with Crippen molar-refractivity contribution in [2.24, 2.45) is 0 Å². The van der Waals surface area contributed by atoms with Crippen molar-refractivity contribution in [3.63, 3.8) is 0 Å². The van der Waals surface area contributed by atoms with E-state index >= 15 is 0 Å². The van der Waals surface area contributed by atoms with Crippen LogP contribution >= 0.6 is 0 Å². The molecule has 16 heavy (non-hydrogen) atoms. The highest BCUT2D eigenvalue weighted by molar-refractivity contribution is 5.28. The molecule has 0 aromatic heterocycles. The van der Waals surface area contributed by atoms with E-state index in [0.717, 1.165) is 12.1 Å². The lowest BCUT2D eigenvalue weighted by Gasteiger charge is -2.12. The Morgan fingerprint density at radius 1 is 1.25 bits per heavy atom. The lowest BCUT2D eigenvalue weighted by atomic mass is 10.1. The highest BCUT2D eigenvalue weighted by atomic mass is 19.4. The van der Waals surface area contributed by atoms with Crippen LogP contribution in [-0.2, 0) is 4.74 Å². The number of hydrogen-bond donors (Lipinski definition) is 1. The molecule has 0 aliphatic rings. The average molecular weight is 236 g/mol. The Kier molecular flexibility index (Phi) is 4.14. The molecule has 1 aromatic rings. The molecule has 0 amide bonds. The minimum Gasteiger partial charge on any atom is -0.406 e. The van der Waals surface area contributed by atoms with E-state index in [1.54, 1.807) is 0 Å². The number of aliphatic hydroxyl groups is 1. The van der Waals surface area contributed by atoms with Gasteiger partial charge < -0.3 is 14.6 Å². The highest BCUT2D eigenvalue weighted by Crippen LogP contribution is 2.24. The molecule has 3 nitrogen and oxygen atoms in total. The van der Waals surface area contributed by atoms with Crippen LogP contribution in [0.2, 0.25) is 0 Å². The van der Waals surface area contributed by atoms with E-state index in [2.05, 4.69) is 4.74 Å². The van der Waals surface area contributed by atoms with Crippen LogP contribution in [0.4, 0.5) is 13.2 Å². The minimum atomic E-state index is -4.70. The molecule has 0 aliphatic carbocycles. The van der Waals surface area contributed by atoms with E-state index in [9.17, 15) is 18.3 Å². The standard InChI is InChI=1S/C10H11F3O3/c1-15-6-9(14)7-2-4-8(5-3-7)16-10(11,12)13/h2-5,9,14H,6H2,1H3. The summed E-state index contributed by atoms with van der Waals surface area (Å²) < 4.78 is 43.9.